The third-order valence-corrected chi connectivity index (χ3v) is 1.76. The monoisotopic (exact) mass is 199 g/mol. The highest BCUT2D eigenvalue weighted by Gasteiger charge is 2.04. The van der Waals surface area contributed by atoms with Gasteiger partial charge in [-0.2, -0.15) is 0 Å². The zero-order valence-electron chi connectivity index (χ0n) is 8.25. The maximum atomic E-state index is 13.2. The van der Waals surface area contributed by atoms with Crippen LogP contribution in [0.2, 0.25) is 0 Å². The van der Waals surface area contributed by atoms with Crippen molar-refractivity contribution in [2.45, 2.75) is 13.0 Å². The van der Waals surface area contributed by atoms with Crippen LogP contribution in [0.25, 0.3) is 0 Å². The van der Waals surface area contributed by atoms with Crippen LogP contribution in [0.3, 0.4) is 0 Å². The first-order valence-corrected chi connectivity index (χ1v) is 4.39. The summed E-state index contributed by atoms with van der Waals surface area (Å²) in [6, 6.07) is 4.42. The number of halogens is 1. The van der Waals surface area contributed by atoms with Gasteiger partial charge in [-0.25, -0.2) is 4.39 Å². The Morgan fingerprint density at radius 2 is 2.29 bits per heavy atom. The number of hydrogen-bond acceptors (Lipinski definition) is 3. The predicted octanol–water partition coefficient (Wildman–Crippen LogP) is 1.63. The van der Waals surface area contributed by atoms with E-state index in [1.807, 2.05) is 0 Å². The molecule has 0 bridgehead atoms. The van der Waals surface area contributed by atoms with E-state index in [0.29, 0.717) is 18.0 Å². The molecule has 4 heteroatoms. The number of ether oxygens (including phenoxy) is 1. The number of aliphatic hydroxyl groups is 1. The average Bonchev–Trinajstić information content (AvgIpc) is 2.16. The van der Waals surface area contributed by atoms with Crippen LogP contribution < -0.4 is 10.1 Å². The molecule has 3 nitrogen and oxygen atoms in total. The highest BCUT2D eigenvalue weighted by Crippen LogP contribution is 2.20. The standard InChI is InChI=1S/C10H14FNO2/c1-7(13)6-12-10-5-8(14-2)3-4-9(10)11/h3-5,7,12-13H,6H2,1-2H3/t7-/m0/s1. The zero-order chi connectivity index (χ0) is 10.6. The van der Waals surface area contributed by atoms with Crippen LogP contribution in [0.4, 0.5) is 10.1 Å². The van der Waals surface area contributed by atoms with Crippen molar-refractivity contribution in [3.05, 3.63) is 24.0 Å². The molecule has 14 heavy (non-hydrogen) atoms. The Morgan fingerprint density at radius 3 is 2.86 bits per heavy atom. The smallest absolute Gasteiger partial charge is 0.146 e. The number of nitrogens with one attached hydrogen (secondary N) is 1. The van der Waals surface area contributed by atoms with Crippen molar-refractivity contribution in [1.29, 1.82) is 0 Å². The molecule has 0 unspecified atom stereocenters. The molecule has 0 heterocycles. The van der Waals surface area contributed by atoms with Crippen LogP contribution in [-0.4, -0.2) is 24.9 Å². The molecule has 1 aromatic rings. The van der Waals surface area contributed by atoms with E-state index in [0.717, 1.165) is 0 Å². The van der Waals surface area contributed by atoms with Crippen LogP contribution in [0.15, 0.2) is 18.2 Å². The van der Waals surface area contributed by atoms with Gasteiger partial charge in [0.15, 0.2) is 0 Å². The van der Waals surface area contributed by atoms with Crippen molar-refractivity contribution < 1.29 is 14.2 Å². The normalized spacial score (nSPS) is 12.3. The predicted molar refractivity (Wildman–Crippen MR) is 53.1 cm³/mol. The summed E-state index contributed by atoms with van der Waals surface area (Å²) in [5, 5.41) is 11.8. The fourth-order valence-electron chi connectivity index (χ4n) is 1.02. The molecule has 0 fully saturated rings. The molecule has 0 aromatic heterocycles. The van der Waals surface area contributed by atoms with E-state index in [2.05, 4.69) is 5.32 Å². The molecule has 78 valence electrons. The van der Waals surface area contributed by atoms with Gasteiger partial charge < -0.3 is 15.2 Å². The van der Waals surface area contributed by atoms with E-state index in [1.54, 1.807) is 19.1 Å². The van der Waals surface area contributed by atoms with Crippen LogP contribution in [0.1, 0.15) is 6.92 Å². The fraction of sp³-hybridized carbons (Fsp3) is 0.400. The second-order valence-electron chi connectivity index (χ2n) is 3.08. The van der Waals surface area contributed by atoms with Crippen molar-refractivity contribution in [3.8, 4) is 5.75 Å². The first-order chi connectivity index (χ1) is 6.63. The molecular formula is C10H14FNO2. The van der Waals surface area contributed by atoms with E-state index in [1.165, 1.54) is 13.2 Å². The Morgan fingerprint density at radius 1 is 1.57 bits per heavy atom. The Kier molecular flexibility index (Phi) is 3.71. The summed E-state index contributed by atoms with van der Waals surface area (Å²) in [5.41, 5.74) is 0.338. The number of methoxy groups -OCH3 is 1. The Hall–Kier alpha value is -1.29. The average molecular weight is 199 g/mol. The molecule has 0 saturated heterocycles. The Labute approximate surface area is 82.5 Å². The van der Waals surface area contributed by atoms with Crippen LogP contribution >= 0.6 is 0 Å². The third kappa shape index (κ3) is 2.88. The first kappa shape index (κ1) is 10.8. The quantitative estimate of drug-likeness (QED) is 0.774. The second kappa shape index (κ2) is 4.81. The van der Waals surface area contributed by atoms with Gasteiger partial charge in [-0.15, -0.1) is 0 Å². The molecule has 1 rings (SSSR count). The van der Waals surface area contributed by atoms with E-state index in [4.69, 9.17) is 9.84 Å². The van der Waals surface area contributed by atoms with Crippen LogP contribution in [-0.2, 0) is 0 Å². The third-order valence-electron chi connectivity index (χ3n) is 1.76. The molecule has 0 radical (unpaired) electrons. The first-order valence-electron chi connectivity index (χ1n) is 4.39. The van der Waals surface area contributed by atoms with Crippen molar-refractivity contribution in [1.82, 2.24) is 0 Å². The molecule has 0 aliphatic heterocycles. The number of hydrogen-bond donors (Lipinski definition) is 2. The van der Waals surface area contributed by atoms with Gasteiger partial charge in [0.05, 0.1) is 18.9 Å². The minimum absolute atomic E-state index is 0.310. The number of rotatable bonds is 4. The lowest BCUT2D eigenvalue weighted by molar-refractivity contribution is 0.208. The minimum atomic E-state index is -0.513. The van der Waals surface area contributed by atoms with E-state index < -0.39 is 6.10 Å². The molecule has 0 aliphatic rings. The fourth-order valence-corrected chi connectivity index (χ4v) is 1.02. The van der Waals surface area contributed by atoms with Gasteiger partial charge in [0.2, 0.25) is 0 Å². The molecule has 1 atom stereocenters. The van der Waals surface area contributed by atoms with Crippen LogP contribution in [0, 0.1) is 5.82 Å². The molecule has 0 amide bonds. The number of anilines is 1. The molecule has 0 saturated carbocycles. The van der Waals surface area contributed by atoms with Gasteiger partial charge >= 0.3 is 0 Å². The van der Waals surface area contributed by atoms with Gasteiger partial charge in [0.25, 0.3) is 0 Å². The van der Waals surface area contributed by atoms with E-state index in [-0.39, 0.29) is 5.82 Å². The molecular weight excluding hydrogens is 185 g/mol. The molecule has 0 spiro atoms. The zero-order valence-corrected chi connectivity index (χ0v) is 8.25. The molecule has 1 aromatic carbocycles. The largest absolute Gasteiger partial charge is 0.497 e. The number of benzene rings is 1. The lowest BCUT2D eigenvalue weighted by Crippen LogP contribution is -2.16. The lowest BCUT2D eigenvalue weighted by atomic mass is 10.2. The van der Waals surface area contributed by atoms with Gasteiger partial charge in [0, 0.05) is 12.6 Å². The van der Waals surface area contributed by atoms with Gasteiger partial charge in [-0.1, -0.05) is 0 Å². The maximum absolute atomic E-state index is 13.2. The summed E-state index contributed by atoms with van der Waals surface area (Å²) in [5.74, 6) is 0.228. The van der Waals surface area contributed by atoms with Gasteiger partial charge in [0.1, 0.15) is 11.6 Å². The number of aliphatic hydroxyl groups excluding tert-OH is 1. The van der Waals surface area contributed by atoms with Gasteiger partial charge in [-0.3, -0.25) is 0 Å². The van der Waals surface area contributed by atoms with Crippen molar-refractivity contribution in [2.75, 3.05) is 19.0 Å². The van der Waals surface area contributed by atoms with E-state index >= 15 is 0 Å². The highest BCUT2D eigenvalue weighted by atomic mass is 19.1. The summed E-state index contributed by atoms with van der Waals surface area (Å²) in [7, 11) is 1.52. The molecule has 2 N–H and O–H groups in total. The summed E-state index contributed by atoms with van der Waals surface area (Å²) in [6.07, 6.45) is -0.513. The summed E-state index contributed by atoms with van der Waals surface area (Å²) in [4.78, 5) is 0. The highest BCUT2D eigenvalue weighted by molar-refractivity contribution is 5.49. The SMILES string of the molecule is COc1ccc(F)c(NC[C@H](C)O)c1. The van der Waals surface area contributed by atoms with Crippen molar-refractivity contribution in [2.24, 2.45) is 0 Å². The second-order valence-corrected chi connectivity index (χ2v) is 3.08. The minimum Gasteiger partial charge on any atom is -0.497 e. The van der Waals surface area contributed by atoms with Crippen molar-refractivity contribution in [3.63, 3.8) is 0 Å². The summed E-state index contributed by atoms with van der Waals surface area (Å²) < 4.78 is 18.1. The Balaban J connectivity index is 2.73. The van der Waals surface area contributed by atoms with E-state index in [9.17, 15) is 4.39 Å². The van der Waals surface area contributed by atoms with Crippen molar-refractivity contribution >= 4 is 5.69 Å². The Bertz CT molecular complexity index is 302. The lowest BCUT2D eigenvalue weighted by Gasteiger charge is -2.10. The topological polar surface area (TPSA) is 41.5 Å². The summed E-state index contributed by atoms with van der Waals surface area (Å²) in [6.45, 7) is 1.94. The van der Waals surface area contributed by atoms with Gasteiger partial charge in [-0.05, 0) is 19.1 Å². The molecule has 0 aliphatic carbocycles. The summed E-state index contributed by atoms with van der Waals surface area (Å²) >= 11 is 0. The van der Waals surface area contributed by atoms with Crippen LogP contribution in [0.5, 0.6) is 5.75 Å². The maximum Gasteiger partial charge on any atom is 0.146 e.